The number of amides is 2. The SMILES string of the molecule is COc1ccc(CCNC(=O)CNC(=O)c2ccc3c(c2)OCO3)cc1OC(F)F. The van der Waals surface area contributed by atoms with Gasteiger partial charge in [-0.15, -0.1) is 0 Å². The van der Waals surface area contributed by atoms with Gasteiger partial charge in [-0.3, -0.25) is 9.59 Å². The van der Waals surface area contributed by atoms with E-state index < -0.39 is 12.5 Å². The third-order valence-electron chi connectivity index (χ3n) is 4.22. The maximum Gasteiger partial charge on any atom is 0.387 e. The van der Waals surface area contributed by atoms with Crippen LogP contribution in [-0.2, 0) is 11.2 Å². The summed E-state index contributed by atoms with van der Waals surface area (Å²) in [6.45, 7) is -2.83. The number of hydrogen-bond acceptors (Lipinski definition) is 6. The number of fused-ring (bicyclic) bond motifs is 1. The van der Waals surface area contributed by atoms with Gasteiger partial charge in [-0.25, -0.2) is 0 Å². The third kappa shape index (κ3) is 5.49. The molecular formula is C20H20F2N2O6. The molecule has 3 rings (SSSR count). The van der Waals surface area contributed by atoms with Gasteiger partial charge in [0, 0.05) is 12.1 Å². The predicted molar refractivity (Wildman–Crippen MR) is 101 cm³/mol. The molecular weight excluding hydrogens is 402 g/mol. The smallest absolute Gasteiger partial charge is 0.387 e. The van der Waals surface area contributed by atoms with Crippen molar-refractivity contribution < 1.29 is 37.3 Å². The van der Waals surface area contributed by atoms with E-state index in [1.807, 2.05) is 0 Å². The highest BCUT2D eigenvalue weighted by molar-refractivity contribution is 5.97. The van der Waals surface area contributed by atoms with Gasteiger partial charge in [0.25, 0.3) is 5.91 Å². The first-order chi connectivity index (χ1) is 14.5. The lowest BCUT2D eigenvalue weighted by molar-refractivity contribution is -0.120. The van der Waals surface area contributed by atoms with Gasteiger partial charge >= 0.3 is 6.61 Å². The van der Waals surface area contributed by atoms with Gasteiger partial charge in [0.05, 0.1) is 13.7 Å². The third-order valence-corrected chi connectivity index (χ3v) is 4.22. The molecule has 0 spiro atoms. The quantitative estimate of drug-likeness (QED) is 0.643. The maximum atomic E-state index is 12.5. The Morgan fingerprint density at radius 2 is 1.87 bits per heavy atom. The highest BCUT2D eigenvalue weighted by atomic mass is 19.3. The second-order valence-electron chi connectivity index (χ2n) is 6.21. The molecule has 0 unspecified atom stereocenters. The van der Waals surface area contributed by atoms with Gasteiger partial charge in [0.1, 0.15) is 0 Å². The van der Waals surface area contributed by atoms with E-state index in [0.717, 1.165) is 0 Å². The zero-order valence-electron chi connectivity index (χ0n) is 16.1. The Labute approximate surface area is 171 Å². The van der Waals surface area contributed by atoms with Gasteiger partial charge in [-0.05, 0) is 42.3 Å². The number of hydrogen-bond donors (Lipinski definition) is 2. The van der Waals surface area contributed by atoms with Crippen LogP contribution in [0.15, 0.2) is 36.4 Å². The molecule has 0 atom stereocenters. The Morgan fingerprint density at radius 3 is 2.63 bits per heavy atom. The van der Waals surface area contributed by atoms with Crippen molar-refractivity contribution in [2.45, 2.75) is 13.0 Å². The Bertz CT molecular complexity index is 922. The van der Waals surface area contributed by atoms with Crippen LogP contribution >= 0.6 is 0 Å². The molecule has 8 nitrogen and oxygen atoms in total. The number of carbonyl (C=O) groups excluding carboxylic acids is 2. The van der Waals surface area contributed by atoms with Gasteiger partial charge in [-0.1, -0.05) is 6.07 Å². The summed E-state index contributed by atoms with van der Waals surface area (Å²) in [5.41, 5.74) is 1.02. The van der Waals surface area contributed by atoms with Gasteiger partial charge < -0.3 is 29.6 Å². The summed E-state index contributed by atoms with van der Waals surface area (Å²) in [5, 5.41) is 5.17. The zero-order valence-corrected chi connectivity index (χ0v) is 16.1. The molecule has 1 aliphatic heterocycles. The highest BCUT2D eigenvalue weighted by Crippen LogP contribution is 2.32. The van der Waals surface area contributed by atoms with Crippen molar-refractivity contribution in [3.05, 3.63) is 47.5 Å². The number of ether oxygens (including phenoxy) is 4. The van der Waals surface area contributed by atoms with Crippen LogP contribution in [-0.4, -0.2) is 45.4 Å². The van der Waals surface area contributed by atoms with Crippen molar-refractivity contribution in [2.24, 2.45) is 0 Å². The Balaban J connectivity index is 1.44. The molecule has 160 valence electrons. The fourth-order valence-electron chi connectivity index (χ4n) is 2.77. The maximum absolute atomic E-state index is 12.5. The number of methoxy groups -OCH3 is 1. The molecule has 0 saturated heterocycles. The summed E-state index contributed by atoms with van der Waals surface area (Å²) >= 11 is 0. The first-order valence-corrected chi connectivity index (χ1v) is 9.02. The number of benzene rings is 2. The number of rotatable bonds is 9. The molecule has 0 saturated carbocycles. The topological polar surface area (TPSA) is 95.1 Å². The molecule has 30 heavy (non-hydrogen) atoms. The molecule has 2 aromatic rings. The minimum Gasteiger partial charge on any atom is -0.493 e. The van der Waals surface area contributed by atoms with E-state index in [2.05, 4.69) is 15.4 Å². The summed E-state index contributed by atoms with van der Waals surface area (Å²) in [4.78, 5) is 24.1. The summed E-state index contributed by atoms with van der Waals surface area (Å²) in [6.07, 6.45) is 0.380. The average molecular weight is 422 g/mol. The summed E-state index contributed by atoms with van der Waals surface area (Å²) in [5.74, 6) is 0.336. The van der Waals surface area contributed by atoms with Crippen molar-refractivity contribution in [1.82, 2.24) is 10.6 Å². The molecule has 1 heterocycles. The van der Waals surface area contributed by atoms with Crippen LogP contribution in [0.2, 0.25) is 0 Å². The predicted octanol–water partition coefficient (Wildman–Crippen LogP) is 2.11. The second-order valence-corrected chi connectivity index (χ2v) is 6.21. The largest absolute Gasteiger partial charge is 0.493 e. The number of carbonyl (C=O) groups is 2. The van der Waals surface area contributed by atoms with Gasteiger partial charge in [0.2, 0.25) is 12.7 Å². The van der Waals surface area contributed by atoms with Crippen LogP contribution in [0.5, 0.6) is 23.0 Å². The first kappa shape index (κ1) is 21.2. The summed E-state index contributed by atoms with van der Waals surface area (Å²) in [7, 11) is 1.35. The summed E-state index contributed by atoms with van der Waals surface area (Å²) < 4.78 is 44.8. The van der Waals surface area contributed by atoms with E-state index in [-0.39, 0.29) is 37.3 Å². The molecule has 10 heteroatoms. The van der Waals surface area contributed by atoms with Crippen molar-refractivity contribution >= 4 is 11.8 Å². The highest BCUT2D eigenvalue weighted by Gasteiger charge is 2.16. The molecule has 0 bridgehead atoms. The molecule has 0 aromatic heterocycles. The van der Waals surface area contributed by atoms with Crippen molar-refractivity contribution in [2.75, 3.05) is 27.0 Å². The monoisotopic (exact) mass is 422 g/mol. The van der Waals surface area contributed by atoms with Crippen molar-refractivity contribution in [3.63, 3.8) is 0 Å². The van der Waals surface area contributed by atoms with Crippen LogP contribution in [0, 0.1) is 0 Å². The normalized spacial score (nSPS) is 11.9. The molecule has 1 aliphatic rings. The van der Waals surface area contributed by atoms with Gasteiger partial charge in [-0.2, -0.15) is 8.78 Å². The molecule has 2 aromatic carbocycles. The lowest BCUT2D eigenvalue weighted by Crippen LogP contribution is -2.37. The zero-order chi connectivity index (χ0) is 21.5. The Hall–Kier alpha value is -3.56. The van der Waals surface area contributed by atoms with Crippen LogP contribution < -0.4 is 29.6 Å². The standard InChI is InChI=1S/C20H20F2N2O6/c1-27-14-4-2-12(8-17(14)30-20(21)22)6-7-23-18(25)10-24-19(26)13-3-5-15-16(9-13)29-11-28-15/h2-5,8-9,20H,6-7,10-11H2,1H3,(H,23,25)(H,24,26). The number of nitrogens with one attached hydrogen (secondary N) is 2. The van der Waals surface area contributed by atoms with Crippen LogP contribution in [0.4, 0.5) is 8.78 Å². The van der Waals surface area contributed by atoms with Crippen molar-refractivity contribution in [3.8, 4) is 23.0 Å². The van der Waals surface area contributed by atoms with E-state index in [4.69, 9.17) is 14.2 Å². The lowest BCUT2D eigenvalue weighted by Gasteiger charge is -2.12. The molecule has 0 aliphatic carbocycles. The number of alkyl halides is 2. The fourth-order valence-corrected chi connectivity index (χ4v) is 2.77. The number of halogens is 2. The second kappa shape index (κ2) is 9.77. The minimum absolute atomic E-state index is 0.0766. The van der Waals surface area contributed by atoms with E-state index in [1.165, 1.54) is 25.3 Å². The van der Waals surface area contributed by atoms with Gasteiger partial charge in [0.15, 0.2) is 23.0 Å². The fraction of sp³-hybridized carbons (Fsp3) is 0.300. The Kier molecular flexibility index (Phi) is 6.89. The Morgan fingerprint density at radius 1 is 1.07 bits per heavy atom. The molecule has 0 fully saturated rings. The van der Waals surface area contributed by atoms with Crippen LogP contribution in [0.3, 0.4) is 0 Å². The lowest BCUT2D eigenvalue weighted by atomic mass is 10.1. The molecule has 2 amide bonds. The van der Waals surface area contributed by atoms with E-state index in [0.29, 0.717) is 29.0 Å². The van der Waals surface area contributed by atoms with Crippen LogP contribution in [0.1, 0.15) is 15.9 Å². The molecule has 0 radical (unpaired) electrons. The van der Waals surface area contributed by atoms with Crippen molar-refractivity contribution in [1.29, 1.82) is 0 Å². The first-order valence-electron chi connectivity index (χ1n) is 9.02. The summed E-state index contributed by atoms with van der Waals surface area (Å²) in [6, 6.07) is 9.36. The minimum atomic E-state index is -2.97. The van der Waals surface area contributed by atoms with E-state index in [9.17, 15) is 18.4 Å². The van der Waals surface area contributed by atoms with Crippen LogP contribution in [0.25, 0.3) is 0 Å². The average Bonchev–Trinajstić information content (AvgIpc) is 3.19. The van der Waals surface area contributed by atoms with E-state index in [1.54, 1.807) is 18.2 Å². The van der Waals surface area contributed by atoms with E-state index >= 15 is 0 Å². The molecule has 2 N–H and O–H groups in total.